The van der Waals surface area contributed by atoms with Gasteiger partial charge in [-0.3, -0.25) is 4.79 Å². The van der Waals surface area contributed by atoms with Crippen molar-refractivity contribution >= 4 is 12.1 Å². The highest BCUT2D eigenvalue weighted by Crippen LogP contribution is 2.19. The Balaban J connectivity index is 2.00. The van der Waals surface area contributed by atoms with E-state index in [-0.39, 0.29) is 5.78 Å². The summed E-state index contributed by atoms with van der Waals surface area (Å²) in [6, 6.07) is 0. The molecule has 5 nitrogen and oxygen atoms in total. The highest BCUT2D eigenvalue weighted by molar-refractivity contribution is 5.96. The summed E-state index contributed by atoms with van der Waals surface area (Å²) in [5.74, 6) is 0.496. The van der Waals surface area contributed by atoms with Crippen molar-refractivity contribution in [3.63, 3.8) is 0 Å². The van der Waals surface area contributed by atoms with E-state index in [0.29, 0.717) is 37.4 Å². The average Bonchev–Trinajstić information content (AvgIpc) is 2.35. The third-order valence-electron chi connectivity index (χ3n) is 2.62. The molecule has 0 atom stereocenters. The molecule has 1 aromatic heterocycles. The number of carbonyl (C=O) groups excluding carboxylic acids is 2. The molecule has 0 amide bonds. The number of hydrogen-bond donors (Lipinski definition) is 0. The molecular formula is C12H14N2O3. The zero-order chi connectivity index (χ0) is 12.1. The van der Waals surface area contributed by atoms with Gasteiger partial charge in [-0.15, -0.1) is 0 Å². The molecule has 0 bridgehead atoms. The molecule has 0 saturated heterocycles. The highest BCUT2D eigenvalue weighted by atomic mass is 16.5. The normalized spacial score (nSPS) is 14.2. The SMILES string of the molecule is O=CCCCOc1cnc2c(n1)CCCC2=O. The third-order valence-corrected chi connectivity index (χ3v) is 2.62. The number of carbonyl (C=O) groups is 2. The Labute approximate surface area is 99.2 Å². The number of aryl methyl sites for hydroxylation is 1. The van der Waals surface area contributed by atoms with Crippen LogP contribution in [0.4, 0.5) is 0 Å². The van der Waals surface area contributed by atoms with E-state index in [1.807, 2.05) is 0 Å². The van der Waals surface area contributed by atoms with Crippen LogP contribution in [0.25, 0.3) is 0 Å². The first-order chi connectivity index (χ1) is 8.31. The molecule has 0 aliphatic heterocycles. The molecular weight excluding hydrogens is 220 g/mol. The molecule has 0 unspecified atom stereocenters. The van der Waals surface area contributed by atoms with E-state index in [0.717, 1.165) is 24.8 Å². The van der Waals surface area contributed by atoms with E-state index in [1.54, 1.807) is 0 Å². The summed E-state index contributed by atoms with van der Waals surface area (Å²) in [5.41, 5.74) is 1.21. The molecule has 0 spiro atoms. The smallest absolute Gasteiger partial charge is 0.232 e. The van der Waals surface area contributed by atoms with Crippen LogP contribution < -0.4 is 4.74 Å². The Morgan fingerprint density at radius 2 is 2.29 bits per heavy atom. The van der Waals surface area contributed by atoms with Gasteiger partial charge in [0.2, 0.25) is 5.88 Å². The van der Waals surface area contributed by atoms with Crippen LogP contribution in [0.5, 0.6) is 5.88 Å². The quantitative estimate of drug-likeness (QED) is 0.568. The van der Waals surface area contributed by atoms with E-state index in [2.05, 4.69) is 9.97 Å². The van der Waals surface area contributed by atoms with Gasteiger partial charge < -0.3 is 9.53 Å². The molecule has 0 fully saturated rings. The van der Waals surface area contributed by atoms with Gasteiger partial charge in [-0.25, -0.2) is 9.97 Å². The number of hydrogen-bond acceptors (Lipinski definition) is 5. The van der Waals surface area contributed by atoms with Crippen LogP contribution in [-0.4, -0.2) is 28.6 Å². The Morgan fingerprint density at radius 1 is 1.41 bits per heavy atom. The molecule has 0 saturated carbocycles. The van der Waals surface area contributed by atoms with Crippen molar-refractivity contribution in [3.05, 3.63) is 17.6 Å². The first-order valence-electron chi connectivity index (χ1n) is 5.77. The van der Waals surface area contributed by atoms with Gasteiger partial charge in [0, 0.05) is 12.8 Å². The van der Waals surface area contributed by atoms with Gasteiger partial charge >= 0.3 is 0 Å². The largest absolute Gasteiger partial charge is 0.477 e. The summed E-state index contributed by atoms with van der Waals surface area (Å²) >= 11 is 0. The van der Waals surface area contributed by atoms with Crippen LogP contribution >= 0.6 is 0 Å². The molecule has 1 heterocycles. The standard InChI is InChI=1S/C12H14N2O3/c15-6-1-2-7-17-11-8-13-12-9(14-11)4-3-5-10(12)16/h6,8H,1-5,7H2. The fraction of sp³-hybridized carbons (Fsp3) is 0.500. The number of rotatable bonds is 5. The lowest BCUT2D eigenvalue weighted by atomic mass is 9.99. The maximum atomic E-state index is 11.5. The molecule has 2 rings (SSSR count). The van der Waals surface area contributed by atoms with Gasteiger partial charge in [0.25, 0.3) is 0 Å². The van der Waals surface area contributed by atoms with Crippen molar-refractivity contribution < 1.29 is 14.3 Å². The topological polar surface area (TPSA) is 69.2 Å². The van der Waals surface area contributed by atoms with Gasteiger partial charge in [-0.2, -0.15) is 0 Å². The number of aromatic nitrogens is 2. The van der Waals surface area contributed by atoms with Crippen LogP contribution in [0.15, 0.2) is 6.20 Å². The van der Waals surface area contributed by atoms with Crippen molar-refractivity contribution in [3.8, 4) is 5.88 Å². The summed E-state index contributed by atoms with van der Waals surface area (Å²) in [4.78, 5) is 30.0. The Hall–Kier alpha value is -1.78. The second kappa shape index (κ2) is 5.52. The summed E-state index contributed by atoms with van der Waals surface area (Å²) in [6.07, 6.45) is 5.65. The minimum absolute atomic E-state index is 0.0613. The number of unbranched alkanes of at least 4 members (excludes halogenated alkanes) is 1. The first kappa shape index (κ1) is 11.7. The minimum Gasteiger partial charge on any atom is -0.477 e. The lowest BCUT2D eigenvalue weighted by molar-refractivity contribution is -0.108. The molecule has 1 aromatic rings. The monoisotopic (exact) mass is 234 g/mol. The zero-order valence-electron chi connectivity index (χ0n) is 9.52. The predicted octanol–water partition coefficient (Wildman–Crippen LogP) is 1.35. The van der Waals surface area contributed by atoms with Gasteiger partial charge in [0.05, 0.1) is 18.5 Å². The van der Waals surface area contributed by atoms with Crippen molar-refractivity contribution in [1.29, 1.82) is 0 Å². The number of fused-ring (bicyclic) bond motifs is 1. The minimum atomic E-state index is 0.0613. The van der Waals surface area contributed by atoms with Crippen molar-refractivity contribution in [2.24, 2.45) is 0 Å². The number of ketones is 1. The van der Waals surface area contributed by atoms with Crippen LogP contribution in [-0.2, 0) is 11.2 Å². The molecule has 0 radical (unpaired) electrons. The molecule has 0 N–H and O–H groups in total. The Kier molecular flexibility index (Phi) is 3.80. The molecule has 5 heteroatoms. The molecule has 0 aromatic carbocycles. The maximum Gasteiger partial charge on any atom is 0.232 e. The highest BCUT2D eigenvalue weighted by Gasteiger charge is 2.20. The Bertz CT molecular complexity index is 432. The van der Waals surface area contributed by atoms with Crippen LogP contribution in [0.2, 0.25) is 0 Å². The summed E-state index contributed by atoms with van der Waals surface area (Å²) in [7, 11) is 0. The van der Waals surface area contributed by atoms with E-state index in [9.17, 15) is 9.59 Å². The van der Waals surface area contributed by atoms with E-state index >= 15 is 0 Å². The maximum absolute atomic E-state index is 11.5. The molecule has 90 valence electrons. The van der Waals surface area contributed by atoms with E-state index in [4.69, 9.17) is 4.74 Å². The van der Waals surface area contributed by atoms with Gasteiger partial charge in [-0.05, 0) is 19.3 Å². The molecule has 1 aliphatic rings. The molecule has 17 heavy (non-hydrogen) atoms. The zero-order valence-corrected chi connectivity index (χ0v) is 9.52. The second-order valence-electron chi connectivity index (χ2n) is 3.94. The first-order valence-corrected chi connectivity index (χ1v) is 5.77. The summed E-state index contributed by atoms with van der Waals surface area (Å²) in [5, 5.41) is 0. The van der Waals surface area contributed by atoms with Gasteiger partial charge in [0.1, 0.15) is 12.0 Å². The van der Waals surface area contributed by atoms with Gasteiger partial charge in [-0.1, -0.05) is 0 Å². The summed E-state index contributed by atoms with van der Waals surface area (Å²) < 4.78 is 5.37. The predicted molar refractivity (Wildman–Crippen MR) is 60.1 cm³/mol. The number of aldehydes is 1. The second-order valence-corrected chi connectivity index (χ2v) is 3.94. The lowest BCUT2D eigenvalue weighted by Gasteiger charge is -2.13. The fourth-order valence-electron chi connectivity index (χ4n) is 1.76. The number of nitrogens with zero attached hydrogens (tertiary/aromatic N) is 2. The molecule has 1 aliphatic carbocycles. The van der Waals surface area contributed by atoms with Crippen LogP contribution in [0.3, 0.4) is 0 Å². The fourth-order valence-corrected chi connectivity index (χ4v) is 1.76. The van der Waals surface area contributed by atoms with Crippen LogP contribution in [0, 0.1) is 0 Å². The number of Topliss-reactive ketones (excluding diaryl/α,β-unsaturated/α-hetero) is 1. The van der Waals surface area contributed by atoms with E-state index < -0.39 is 0 Å². The van der Waals surface area contributed by atoms with E-state index in [1.165, 1.54) is 6.20 Å². The van der Waals surface area contributed by atoms with Crippen LogP contribution in [0.1, 0.15) is 41.9 Å². The third kappa shape index (κ3) is 2.87. The average molecular weight is 234 g/mol. The van der Waals surface area contributed by atoms with Crippen molar-refractivity contribution in [1.82, 2.24) is 9.97 Å². The summed E-state index contributed by atoms with van der Waals surface area (Å²) in [6.45, 7) is 0.445. The number of ether oxygens (including phenoxy) is 1. The van der Waals surface area contributed by atoms with Gasteiger partial charge in [0.15, 0.2) is 5.78 Å². The van der Waals surface area contributed by atoms with Crippen molar-refractivity contribution in [2.75, 3.05) is 6.61 Å². The Morgan fingerprint density at radius 3 is 3.12 bits per heavy atom. The van der Waals surface area contributed by atoms with Crippen molar-refractivity contribution in [2.45, 2.75) is 32.1 Å². The lowest BCUT2D eigenvalue weighted by Crippen LogP contribution is -2.15.